The molecule has 0 radical (unpaired) electrons. The molecule has 8 heteroatoms. The number of carboxylic acid groups (broad SMARTS) is 1. The molecule has 1 aromatic heterocycles. The van der Waals surface area contributed by atoms with E-state index in [9.17, 15) is 18.9 Å². The summed E-state index contributed by atoms with van der Waals surface area (Å²) in [5.41, 5.74) is 5.15. The molecule has 2 heterocycles. The normalized spacial score (nSPS) is 14.5. The smallest absolute Gasteiger partial charge is 0.481 e. The molecular weight excluding hydrogens is 432 g/mol. The SMILES string of the molecule is CC(C)c1c(C#CCO[P+](=O)CC(O)CC(=O)O)c(-c2ccc(F)cc2)c2n1CCCC2. The van der Waals surface area contributed by atoms with Gasteiger partial charge in [-0.05, 0) is 47.4 Å². The van der Waals surface area contributed by atoms with Gasteiger partial charge in [0.1, 0.15) is 11.9 Å². The van der Waals surface area contributed by atoms with Crippen molar-refractivity contribution in [3.05, 3.63) is 47.0 Å². The van der Waals surface area contributed by atoms with E-state index in [1.165, 1.54) is 17.8 Å². The maximum Gasteiger partial charge on any atom is 0.511 e. The van der Waals surface area contributed by atoms with Crippen LogP contribution in [0, 0.1) is 17.7 Å². The van der Waals surface area contributed by atoms with E-state index in [0.29, 0.717) is 0 Å². The van der Waals surface area contributed by atoms with Gasteiger partial charge in [-0.3, -0.25) is 4.79 Å². The van der Waals surface area contributed by atoms with Crippen molar-refractivity contribution in [2.45, 2.75) is 58.1 Å². The third-order valence-electron chi connectivity index (χ3n) is 5.40. The number of rotatable bonds is 8. The summed E-state index contributed by atoms with van der Waals surface area (Å²) in [6, 6.07) is 6.44. The Kier molecular flexibility index (Phi) is 8.20. The number of carbonyl (C=O) groups is 1. The first-order valence-corrected chi connectivity index (χ1v) is 12.1. The van der Waals surface area contributed by atoms with Gasteiger partial charge in [0.15, 0.2) is 6.61 Å². The number of aliphatic hydroxyl groups is 1. The second kappa shape index (κ2) is 10.9. The number of hydrogen-bond acceptors (Lipinski definition) is 4. The topological polar surface area (TPSA) is 88.8 Å². The average molecular weight is 460 g/mol. The fourth-order valence-electron chi connectivity index (χ4n) is 4.14. The molecule has 2 N–H and O–H groups in total. The molecule has 2 unspecified atom stereocenters. The first-order valence-electron chi connectivity index (χ1n) is 10.8. The van der Waals surface area contributed by atoms with E-state index >= 15 is 0 Å². The van der Waals surface area contributed by atoms with Crippen LogP contribution in [-0.2, 0) is 26.8 Å². The van der Waals surface area contributed by atoms with Crippen LogP contribution in [0.1, 0.15) is 56.0 Å². The highest BCUT2D eigenvalue weighted by Crippen LogP contribution is 2.38. The van der Waals surface area contributed by atoms with Gasteiger partial charge in [0.25, 0.3) is 0 Å². The lowest BCUT2D eigenvalue weighted by Gasteiger charge is -2.20. The van der Waals surface area contributed by atoms with Gasteiger partial charge in [-0.25, -0.2) is 4.39 Å². The predicted octanol–water partition coefficient (Wildman–Crippen LogP) is 4.70. The molecule has 0 saturated carbocycles. The minimum Gasteiger partial charge on any atom is -0.481 e. The van der Waals surface area contributed by atoms with Crippen LogP contribution in [0.3, 0.4) is 0 Å². The Balaban J connectivity index is 1.88. The summed E-state index contributed by atoms with van der Waals surface area (Å²) in [6.07, 6.45) is 1.16. The summed E-state index contributed by atoms with van der Waals surface area (Å²) in [5, 5.41) is 18.3. The number of aliphatic carboxylic acids is 1. The molecule has 0 spiro atoms. The molecule has 32 heavy (non-hydrogen) atoms. The summed E-state index contributed by atoms with van der Waals surface area (Å²) in [4.78, 5) is 10.6. The first-order chi connectivity index (χ1) is 15.3. The minimum atomic E-state index is -2.22. The molecule has 6 nitrogen and oxygen atoms in total. The largest absolute Gasteiger partial charge is 0.511 e. The summed E-state index contributed by atoms with van der Waals surface area (Å²) in [6.45, 7) is 5.06. The minimum absolute atomic E-state index is 0.101. The lowest BCUT2D eigenvalue weighted by Crippen LogP contribution is -2.15. The molecule has 0 bridgehead atoms. The third-order valence-corrected chi connectivity index (χ3v) is 6.54. The molecule has 3 rings (SSSR count). The predicted molar refractivity (Wildman–Crippen MR) is 120 cm³/mol. The Hall–Kier alpha value is -2.52. The van der Waals surface area contributed by atoms with Gasteiger partial charge in [0, 0.05) is 23.5 Å². The first kappa shape index (κ1) is 24.1. The molecule has 170 valence electrons. The van der Waals surface area contributed by atoms with Gasteiger partial charge in [0.2, 0.25) is 6.16 Å². The number of carboxylic acids is 1. The number of nitrogens with zero attached hydrogens (tertiary/aromatic N) is 1. The van der Waals surface area contributed by atoms with Gasteiger partial charge < -0.3 is 14.8 Å². The maximum absolute atomic E-state index is 13.5. The van der Waals surface area contributed by atoms with Crippen LogP contribution in [0.4, 0.5) is 4.39 Å². The Morgan fingerprint density at radius 2 is 2.00 bits per heavy atom. The molecule has 1 aliphatic heterocycles. The Bertz CT molecular complexity index is 1050. The van der Waals surface area contributed by atoms with E-state index in [-0.39, 0.29) is 24.5 Å². The number of aromatic nitrogens is 1. The monoisotopic (exact) mass is 460 g/mol. The van der Waals surface area contributed by atoms with Crippen molar-refractivity contribution in [1.29, 1.82) is 0 Å². The van der Waals surface area contributed by atoms with Gasteiger partial charge >= 0.3 is 14.0 Å². The molecule has 2 atom stereocenters. The Morgan fingerprint density at radius 1 is 1.28 bits per heavy atom. The highest BCUT2D eigenvalue weighted by molar-refractivity contribution is 7.39. The van der Waals surface area contributed by atoms with E-state index in [0.717, 1.165) is 48.2 Å². The fraction of sp³-hybridized carbons (Fsp3) is 0.458. The number of fused-ring (bicyclic) bond motifs is 1. The van der Waals surface area contributed by atoms with Crippen LogP contribution >= 0.6 is 8.03 Å². The zero-order chi connectivity index (χ0) is 23.3. The standard InChI is InChI=1S/C24H27FNO5P/c1-16(2)24-20(6-5-13-31-32(30)15-19(27)14-22(28)29)23(17-8-10-18(25)11-9-17)21-7-3-4-12-26(21)24/h8-11,16,19,27H,3-4,7,12-15H2,1-2H3/p+1. The molecule has 2 aromatic rings. The molecule has 0 fully saturated rings. The Morgan fingerprint density at radius 3 is 2.66 bits per heavy atom. The van der Waals surface area contributed by atoms with Gasteiger partial charge in [0.05, 0.1) is 12.0 Å². The van der Waals surface area contributed by atoms with E-state index in [4.69, 9.17) is 9.63 Å². The molecular formula is C24H28FNO5P+. The van der Waals surface area contributed by atoms with Crippen LogP contribution in [0.25, 0.3) is 11.1 Å². The highest BCUT2D eigenvalue weighted by Gasteiger charge is 2.27. The maximum atomic E-state index is 13.5. The van der Waals surface area contributed by atoms with Crippen molar-refractivity contribution in [2.75, 3.05) is 12.8 Å². The summed E-state index contributed by atoms with van der Waals surface area (Å²) in [5.74, 6) is 4.91. The van der Waals surface area contributed by atoms with Crippen LogP contribution in [0.15, 0.2) is 24.3 Å². The zero-order valence-electron chi connectivity index (χ0n) is 18.3. The van der Waals surface area contributed by atoms with Crippen LogP contribution in [0.5, 0.6) is 0 Å². The van der Waals surface area contributed by atoms with Crippen molar-refractivity contribution < 1.29 is 28.5 Å². The molecule has 0 aliphatic carbocycles. The van der Waals surface area contributed by atoms with E-state index in [2.05, 4.69) is 30.3 Å². The molecule has 1 aromatic carbocycles. The van der Waals surface area contributed by atoms with Crippen molar-refractivity contribution in [2.24, 2.45) is 0 Å². The van der Waals surface area contributed by atoms with Crippen LogP contribution in [-0.4, -0.2) is 39.6 Å². The molecule has 1 aliphatic rings. The number of benzene rings is 1. The van der Waals surface area contributed by atoms with Gasteiger partial charge in [-0.15, -0.1) is 4.52 Å². The summed E-state index contributed by atoms with van der Waals surface area (Å²) >= 11 is 0. The van der Waals surface area contributed by atoms with Crippen LogP contribution in [0.2, 0.25) is 0 Å². The molecule has 0 amide bonds. The number of aliphatic hydroxyl groups excluding tert-OH is 1. The molecule has 0 saturated heterocycles. The second-order valence-corrected chi connectivity index (χ2v) is 9.48. The van der Waals surface area contributed by atoms with Crippen LogP contribution < -0.4 is 0 Å². The summed E-state index contributed by atoms with van der Waals surface area (Å²) in [7, 11) is -2.22. The average Bonchev–Trinajstić information content (AvgIpc) is 3.05. The highest BCUT2D eigenvalue weighted by atomic mass is 31.1. The van der Waals surface area contributed by atoms with E-state index in [1.807, 2.05) is 0 Å². The quantitative estimate of drug-likeness (QED) is 0.440. The van der Waals surface area contributed by atoms with Crippen molar-refractivity contribution in [3.8, 4) is 23.0 Å². The Labute approximate surface area is 188 Å². The van der Waals surface area contributed by atoms with Crippen molar-refractivity contribution in [3.63, 3.8) is 0 Å². The lowest BCUT2D eigenvalue weighted by atomic mass is 9.96. The van der Waals surface area contributed by atoms with E-state index in [1.54, 1.807) is 12.1 Å². The lowest BCUT2D eigenvalue weighted by molar-refractivity contribution is -0.138. The number of hydrogen-bond donors (Lipinski definition) is 2. The van der Waals surface area contributed by atoms with Crippen molar-refractivity contribution in [1.82, 2.24) is 4.57 Å². The number of halogens is 1. The fourth-order valence-corrected chi connectivity index (χ4v) is 4.93. The van der Waals surface area contributed by atoms with E-state index < -0.39 is 26.5 Å². The zero-order valence-corrected chi connectivity index (χ0v) is 19.2. The van der Waals surface area contributed by atoms with Gasteiger partial charge in [-0.1, -0.05) is 37.8 Å². The van der Waals surface area contributed by atoms with Gasteiger partial charge in [-0.2, -0.15) is 0 Å². The second-order valence-electron chi connectivity index (χ2n) is 8.19. The summed E-state index contributed by atoms with van der Waals surface area (Å²) < 4.78 is 33.0. The van der Waals surface area contributed by atoms with Crippen molar-refractivity contribution >= 4 is 14.0 Å². The third kappa shape index (κ3) is 5.83.